The van der Waals surface area contributed by atoms with Crippen LogP contribution < -0.4 is 11.1 Å². The van der Waals surface area contributed by atoms with Crippen LogP contribution in [-0.4, -0.2) is 24.5 Å². The number of aromatic nitrogens is 5. The van der Waals surface area contributed by atoms with E-state index in [1.165, 1.54) is 0 Å². The van der Waals surface area contributed by atoms with Crippen molar-refractivity contribution in [2.45, 2.75) is 0 Å². The van der Waals surface area contributed by atoms with Crippen molar-refractivity contribution in [2.75, 3.05) is 11.1 Å². The van der Waals surface area contributed by atoms with Gasteiger partial charge in [0, 0.05) is 18.1 Å². The molecule has 0 bridgehead atoms. The smallest absolute Gasteiger partial charge is 0.241 e. The van der Waals surface area contributed by atoms with E-state index in [-0.39, 0.29) is 5.95 Å². The van der Waals surface area contributed by atoms with Gasteiger partial charge in [-0.1, -0.05) is 0 Å². The van der Waals surface area contributed by atoms with Crippen LogP contribution in [0.4, 0.5) is 17.6 Å². The van der Waals surface area contributed by atoms with Crippen LogP contribution in [0.2, 0.25) is 0 Å². The Labute approximate surface area is 119 Å². The van der Waals surface area contributed by atoms with Crippen molar-refractivity contribution in [1.82, 2.24) is 24.5 Å². The monoisotopic (exact) mass is 278 g/mol. The zero-order valence-electron chi connectivity index (χ0n) is 10.8. The highest BCUT2D eigenvalue weighted by Gasteiger charge is 2.06. The van der Waals surface area contributed by atoms with Crippen molar-refractivity contribution in [3.63, 3.8) is 0 Å². The second kappa shape index (κ2) is 5.26. The minimum absolute atomic E-state index is 0.102. The van der Waals surface area contributed by atoms with Crippen LogP contribution in [0.3, 0.4) is 0 Å². The summed E-state index contributed by atoms with van der Waals surface area (Å²) in [5.74, 6) is 0.789. The molecule has 0 spiro atoms. The maximum Gasteiger partial charge on any atom is 0.241 e. The molecule has 3 aromatic rings. The van der Waals surface area contributed by atoms with Crippen LogP contribution in [0.15, 0.2) is 43.0 Å². The molecule has 0 saturated carbocycles. The highest BCUT2D eigenvalue weighted by molar-refractivity contribution is 5.55. The molecular formula is C13H10N8. The molecule has 1 aromatic carbocycles. The third kappa shape index (κ3) is 2.76. The molecule has 2 aromatic heterocycles. The Morgan fingerprint density at radius 3 is 2.62 bits per heavy atom. The summed E-state index contributed by atoms with van der Waals surface area (Å²) in [6.45, 7) is 0. The van der Waals surface area contributed by atoms with Crippen molar-refractivity contribution in [3.05, 3.63) is 48.5 Å². The van der Waals surface area contributed by atoms with E-state index in [4.69, 9.17) is 11.0 Å². The first-order chi connectivity index (χ1) is 10.2. The van der Waals surface area contributed by atoms with Gasteiger partial charge in [-0.3, -0.25) is 4.57 Å². The summed E-state index contributed by atoms with van der Waals surface area (Å²) in [5.41, 5.74) is 7.01. The predicted molar refractivity (Wildman–Crippen MR) is 75.8 cm³/mol. The lowest BCUT2D eigenvalue weighted by atomic mass is 10.2. The average molecular weight is 278 g/mol. The maximum atomic E-state index is 8.77. The number of nitriles is 1. The number of rotatable bonds is 3. The molecule has 0 fully saturated rings. The number of nitrogens with zero attached hydrogens (tertiary/aromatic N) is 6. The standard InChI is InChI=1S/C13H10N8/c14-7-9-1-3-10(4-2-9)17-12-18-11(15)19-13(20-12)21-6-5-16-8-21/h1-6,8H,(H3,15,17,18,19,20). The maximum absolute atomic E-state index is 8.77. The lowest BCUT2D eigenvalue weighted by Gasteiger charge is -2.07. The van der Waals surface area contributed by atoms with Crippen molar-refractivity contribution in [2.24, 2.45) is 0 Å². The summed E-state index contributed by atoms with van der Waals surface area (Å²) in [5, 5.41) is 11.8. The van der Waals surface area contributed by atoms with Crippen LogP contribution in [-0.2, 0) is 0 Å². The molecule has 21 heavy (non-hydrogen) atoms. The van der Waals surface area contributed by atoms with Crippen LogP contribution >= 0.6 is 0 Å². The Kier molecular flexibility index (Phi) is 3.15. The summed E-state index contributed by atoms with van der Waals surface area (Å²) in [6, 6.07) is 8.97. The van der Waals surface area contributed by atoms with E-state index in [1.807, 2.05) is 0 Å². The number of hydrogen-bond acceptors (Lipinski definition) is 7. The zero-order valence-corrected chi connectivity index (χ0v) is 10.8. The van der Waals surface area contributed by atoms with Crippen molar-refractivity contribution in [3.8, 4) is 12.0 Å². The van der Waals surface area contributed by atoms with Crippen LogP contribution in [0.5, 0.6) is 0 Å². The van der Waals surface area contributed by atoms with Gasteiger partial charge < -0.3 is 11.1 Å². The quantitative estimate of drug-likeness (QED) is 0.740. The Hall–Kier alpha value is -3.47. The Balaban J connectivity index is 1.90. The number of hydrogen-bond donors (Lipinski definition) is 2. The van der Waals surface area contributed by atoms with Crippen LogP contribution in [0, 0.1) is 11.3 Å². The molecule has 8 heteroatoms. The number of nitrogens with two attached hydrogens (primary N) is 1. The highest BCUT2D eigenvalue weighted by atomic mass is 15.3. The number of imidazole rings is 1. The molecule has 0 amide bonds. The summed E-state index contributed by atoms with van der Waals surface area (Å²) < 4.78 is 1.63. The topological polar surface area (TPSA) is 118 Å². The Bertz CT molecular complexity index is 786. The van der Waals surface area contributed by atoms with E-state index in [2.05, 4.69) is 31.3 Å². The molecule has 0 radical (unpaired) electrons. The molecule has 0 aliphatic carbocycles. The molecule has 102 valence electrons. The van der Waals surface area contributed by atoms with E-state index in [1.54, 1.807) is 47.6 Å². The van der Waals surface area contributed by atoms with Crippen molar-refractivity contribution < 1.29 is 0 Å². The van der Waals surface area contributed by atoms with E-state index in [0.717, 1.165) is 5.69 Å². The van der Waals surface area contributed by atoms with E-state index in [0.29, 0.717) is 17.5 Å². The van der Waals surface area contributed by atoms with Crippen LogP contribution in [0.25, 0.3) is 5.95 Å². The fraction of sp³-hybridized carbons (Fsp3) is 0. The first kappa shape index (κ1) is 12.6. The molecule has 8 nitrogen and oxygen atoms in total. The van der Waals surface area contributed by atoms with Gasteiger partial charge in [0.05, 0.1) is 11.6 Å². The molecule has 3 rings (SSSR count). The summed E-state index contributed by atoms with van der Waals surface area (Å²) in [4.78, 5) is 16.3. The second-order valence-electron chi connectivity index (χ2n) is 4.10. The lowest BCUT2D eigenvalue weighted by molar-refractivity contribution is 0.906. The minimum atomic E-state index is 0.102. The molecule has 0 aliphatic rings. The van der Waals surface area contributed by atoms with Crippen LogP contribution in [0.1, 0.15) is 5.56 Å². The van der Waals surface area contributed by atoms with Gasteiger partial charge in [0.15, 0.2) is 0 Å². The number of anilines is 3. The average Bonchev–Trinajstić information content (AvgIpc) is 3.02. The summed E-state index contributed by atoms with van der Waals surface area (Å²) in [6.07, 6.45) is 4.90. The fourth-order valence-electron chi connectivity index (χ4n) is 1.69. The van der Waals surface area contributed by atoms with Crippen molar-refractivity contribution in [1.29, 1.82) is 5.26 Å². The van der Waals surface area contributed by atoms with Gasteiger partial charge in [0.1, 0.15) is 6.33 Å². The van der Waals surface area contributed by atoms with Gasteiger partial charge in [0.25, 0.3) is 0 Å². The molecule has 2 heterocycles. The summed E-state index contributed by atoms with van der Waals surface area (Å²) >= 11 is 0. The number of nitrogens with one attached hydrogen (secondary N) is 1. The zero-order chi connectivity index (χ0) is 14.7. The fourth-order valence-corrected chi connectivity index (χ4v) is 1.69. The predicted octanol–water partition coefficient (Wildman–Crippen LogP) is 1.25. The first-order valence-electron chi connectivity index (χ1n) is 6.02. The third-order valence-corrected chi connectivity index (χ3v) is 2.65. The summed E-state index contributed by atoms with van der Waals surface area (Å²) in [7, 11) is 0. The number of nitrogen functional groups attached to an aromatic ring is 1. The van der Waals surface area contributed by atoms with Crippen molar-refractivity contribution >= 4 is 17.6 Å². The Morgan fingerprint density at radius 1 is 1.14 bits per heavy atom. The van der Waals surface area contributed by atoms with E-state index in [9.17, 15) is 0 Å². The van der Waals surface area contributed by atoms with E-state index >= 15 is 0 Å². The normalized spacial score (nSPS) is 10.0. The first-order valence-corrected chi connectivity index (χ1v) is 6.02. The van der Waals surface area contributed by atoms with Gasteiger partial charge in [-0.05, 0) is 24.3 Å². The Morgan fingerprint density at radius 2 is 1.95 bits per heavy atom. The molecule has 0 saturated heterocycles. The largest absolute Gasteiger partial charge is 0.368 e. The molecule has 0 aliphatic heterocycles. The van der Waals surface area contributed by atoms with Gasteiger partial charge >= 0.3 is 0 Å². The molecular weight excluding hydrogens is 268 g/mol. The highest BCUT2D eigenvalue weighted by Crippen LogP contribution is 2.15. The molecule has 0 atom stereocenters. The minimum Gasteiger partial charge on any atom is -0.368 e. The van der Waals surface area contributed by atoms with Gasteiger partial charge in [-0.2, -0.15) is 20.2 Å². The lowest BCUT2D eigenvalue weighted by Crippen LogP contribution is -2.08. The van der Waals surface area contributed by atoms with Gasteiger partial charge in [-0.15, -0.1) is 0 Å². The second-order valence-corrected chi connectivity index (χ2v) is 4.10. The third-order valence-electron chi connectivity index (χ3n) is 2.65. The SMILES string of the molecule is N#Cc1ccc(Nc2nc(N)nc(-n3ccnc3)n2)cc1. The number of benzene rings is 1. The van der Waals surface area contributed by atoms with Gasteiger partial charge in [0.2, 0.25) is 17.8 Å². The van der Waals surface area contributed by atoms with E-state index < -0.39 is 0 Å². The molecule has 3 N–H and O–H groups in total. The van der Waals surface area contributed by atoms with Gasteiger partial charge in [-0.25, -0.2) is 4.98 Å². The molecule has 0 unspecified atom stereocenters.